The van der Waals surface area contributed by atoms with E-state index in [4.69, 9.17) is 4.74 Å². The Balaban J connectivity index is 2.22. The number of rotatable bonds is 4. The summed E-state index contributed by atoms with van der Waals surface area (Å²) in [6.45, 7) is 0.889. The second kappa shape index (κ2) is 5.99. The number of carbonyl (C=O) groups is 1. The second-order valence-electron chi connectivity index (χ2n) is 5.48. The van der Waals surface area contributed by atoms with Gasteiger partial charge in [0.15, 0.2) is 5.69 Å². The molecule has 23 heavy (non-hydrogen) atoms. The van der Waals surface area contributed by atoms with Crippen molar-refractivity contribution >= 4 is 42.8 Å². The van der Waals surface area contributed by atoms with Crippen LogP contribution in [0.15, 0.2) is 27.6 Å². The summed E-state index contributed by atoms with van der Waals surface area (Å²) in [6, 6.07) is 4.96. The lowest BCUT2D eigenvalue weighted by Crippen LogP contribution is -2.57. The first kappa shape index (κ1) is 16.6. The van der Waals surface area contributed by atoms with Crippen molar-refractivity contribution in [1.82, 2.24) is 9.29 Å². The van der Waals surface area contributed by atoms with Crippen molar-refractivity contribution in [3.8, 4) is 0 Å². The first-order valence-corrected chi connectivity index (χ1v) is 9.29. The number of H-pyrrole nitrogens is 1. The van der Waals surface area contributed by atoms with E-state index < -0.39 is 15.9 Å². The number of ether oxygens (including phenoxy) is 1. The molecule has 1 aliphatic heterocycles. The van der Waals surface area contributed by atoms with Gasteiger partial charge in [-0.25, -0.2) is 13.2 Å². The van der Waals surface area contributed by atoms with Crippen LogP contribution in [0.5, 0.6) is 0 Å². The zero-order valence-electron chi connectivity index (χ0n) is 12.5. The number of fused-ring (bicyclic) bond motifs is 1. The minimum absolute atomic E-state index is 0.00358. The van der Waals surface area contributed by atoms with Gasteiger partial charge in [0.05, 0.1) is 12.6 Å². The van der Waals surface area contributed by atoms with E-state index in [-0.39, 0.29) is 16.6 Å². The van der Waals surface area contributed by atoms with Gasteiger partial charge in [-0.2, -0.15) is 4.31 Å². The summed E-state index contributed by atoms with van der Waals surface area (Å²) in [4.78, 5) is 14.7. The summed E-state index contributed by atoms with van der Waals surface area (Å²) in [7, 11) is -2.34. The van der Waals surface area contributed by atoms with Crippen LogP contribution in [-0.4, -0.2) is 49.9 Å². The second-order valence-corrected chi connectivity index (χ2v) is 8.33. The SMILES string of the molecule is CN(C1CCOC1)S(=O)(=O)c1c(C([NH3+])=O)[nH]c2ccc(Br)cc12. The van der Waals surface area contributed by atoms with Crippen LogP contribution in [-0.2, 0) is 14.8 Å². The highest BCUT2D eigenvalue weighted by molar-refractivity contribution is 9.10. The molecule has 1 amide bonds. The predicted octanol–water partition coefficient (Wildman–Crippen LogP) is 0.722. The number of aromatic nitrogens is 1. The highest BCUT2D eigenvalue weighted by Crippen LogP contribution is 2.32. The molecular formula is C14H17BrN3O4S+. The van der Waals surface area contributed by atoms with Crippen molar-refractivity contribution in [2.45, 2.75) is 17.4 Å². The van der Waals surface area contributed by atoms with Gasteiger partial charge >= 0.3 is 5.91 Å². The molecule has 2 aromatic rings. The molecule has 1 aromatic carbocycles. The molecular weight excluding hydrogens is 386 g/mol. The van der Waals surface area contributed by atoms with Crippen molar-refractivity contribution in [1.29, 1.82) is 0 Å². The van der Waals surface area contributed by atoms with Crippen LogP contribution in [0.1, 0.15) is 16.9 Å². The highest BCUT2D eigenvalue weighted by Gasteiger charge is 2.36. The molecule has 2 heterocycles. The van der Waals surface area contributed by atoms with Crippen LogP contribution >= 0.6 is 15.9 Å². The van der Waals surface area contributed by atoms with Crippen molar-refractivity contribution in [2.24, 2.45) is 0 Å². The highest BCUT2D eigenvalue weighted by atomic mass is 79.9. The lowest BCUT2D eigenvalue weighted by Gasteiger charge is -2.22. The third kappa shape index (κ3) is 2.83. The standard InChI is InChI=1S/C14H16BrN3O4S/c1-18(9-4-5-22-7-9)23(20,21)13-10-6-8(15)2-3-11(10)17-12(13)14(16)19/h2-3,6,9,17H,4-5,7H2,1H3,(H2,16,19)/p+1. The Morgan fingerprint density at radius 3 is 2.83 bits per heavy atom. The normalized spacial score (nSPS) is 18.9. The Kier molecular flexibility index (Phi) is 4.32. The van der Waals surface area contributed by atoms with Gasteiger partial charge in [-0.1, -0.05) is 15.9 Å². The minimum atomic E-state index is -3.86. The molecule has 1 aromatic heterocycles. The number of nitrogens with zero attached hydrogens (tertiary/aromatic N) is 1. The van der Waals surface area contributed by atoms with Crippen LogP contribution in [0.4, 0.5) is 0 Å². The molecule has 4 N–H and O–H groups in total. The maximum Gasteiger partial charge on any atom is 0.358 e. The number of benzene rings is 1. The quantitative estimate of drug-likeness (QED) is 0.785. The number of halogens is 1. The summed E-state index contributed by atoms with van der Waals surface area (Å²) in [5.74, 6) is -0.563. The van der Waals surface area contributed by atoms with Crippen molar-refractivity contribution in [3.05, 3.63) is 28.4 Å². The first-order valence-electron chi connectivity index (χ1n) is 7.05. The lowest BCUT2D eigenvalue weighted by molar-refractivity contribution is -0.255. The van der Waals surface area contributed by atoms with Gasteiger partial charge in [0.25, 0.3) is 0 Å². The monoisotopic (exact) mass is 402 g/mol. The van der Waals surface area contributed by atoms with Crippen molar-refractivity contribution < 1.29 is 23.7 Å². The molecule has 124 valence electrons. The fourth-order valence-corrected chi connectivity index (χ4v) is 4.83. The van der Waals surface area contributed by atoms with Gasteiger partial charge in [-0.3, -0.25) is 5.73 Å². The smallest absolute Gasteiger partial charge is 0.358 e. The largest absolute Gasteiger partial charge is 0.380 e. The van der Waals surface area contributed by atoms with Gasteiger partial charge < -0.3 is 9.72 Å². The number of likely N-dealkylation sites (N-methyl/N-ethyl adjacent to an activating group) is 1. The summed E-state index contributed by atoms with van der Waals surface area (Å²) in [5, 5.41) is 0.470. The molecule has 0 saturated carbocycles. The molecule has 1 atom stereocenters. The number of sulfonamides is 1. The molecule has 0 aliphatic carbocycles. The Bertz CT molecular complexity index is 872. The van der Waals surface area contributed by atoms with E-state index in [1.807, 2.05) is 0 Å². The van der Waals surface area contributed by atoms with Crippen LogP contribution < -0.4 is 5.73 Å². The van der Waals surface area contributed by atoms with Crippen LogP contribution in [0, 0.1) is 0 Å². The fraction of sp³-hybridized carbons (Fsp3) is 0.357. The zero-order chi connectivity index (χ0) is 16.8. The number of quaternary nitrogens is 1. The molecule has 1 aliphatic rings. The number of hydrogen-bond acceptors (Lipinski definition) is 4. The summed E-state index contributed by atoms with van der Waals surface area (Å²) in [6.07, 6.45) is 0.634. The molecule has 7 nitrogen and oxygen atoms in total. The maximum absolute atomic E-state index is 13.1. The van der Waals surface area contributed by atoms with Gasteiger partial charge in [0, 0.05) is 29.0 Å². The lowest BCUT2D eigenvalue weighted by atomic mass is 10.2. The minimum Gasteiger partial charge on any atom is -0.380 e. The van der Waals surface area contributed by atoms with E-state index in [2.05, 4.69) is 26.6 Å². The maximum atomic E-state index is 13.1. The fourth-order valence-electron chi connectivity index (χ4n) is 2.75. The van der Waals surface area contributed by atoms with Crippen molar-refractivity contribution in [3.63, 3.8) is 0 Å². The Morgan fingerprint density at radius 1 is 1.48 bits per heavy atom. The van der Waals surface area contributed by atoms with E-state index >= 15 is 0 Å². The number of amides is 1. The van der Waals surface area contributed by atoms with Gasteiger partial charge in [0.1, 0.15) is 4.90 Å². The first-order chi connectivity index (χ1) is 10.8. The van der Waals surface area contributed by atoms with E-state index in [0.717, 1.165) is 4.47 Å². The molecule has 1 unspecified atom stereocenters. The Morgan fingerprint density at radius 2 is 2.22 bits per heavy atom. The average molecular weight is 403 g/mol. The van der Waals surface area contributed by atoms with Crippen LogP contribution in [0.2, 0.25) is 0 Å². The third-order valence-corrected chi connectivity index (χ3v) is 6.54. The summed E-state index contributed by atoms with van der Waals surface area (Å²) in [5.41, 5.74) is 3.95. The van der Waals surface area contributed by atoms with Crippen LogP contribution in [0.3, 0.4) is 0 Å². The molecule has 0 spiro atoms. The molecule has 1 saturated heterocycles. The molecule has 3 rings (SSSR count). The van der Waals surface area contributed by atoms with Crippen LogP contribution in [0.25, 0.3) is 10.9 Å². The van der Waals surface area contributed by atoms with E-state index in [0.29, 0.717) is 30.5 Å². The molecule has 1 fully saturated rings. The molecule has 9 heteroatoms. The van der Waals surface area contributed by atoms with E-state index in [1.165, 1.54) is 11.4 Å². The Labute approximate surface area is 142 Å². The van der Waals surface area contributed by atoms with Gasteiger partial charge in [-0.15, -0.1) is 0 Å². The van der Waals surface area contributed by atoms with Gasteiger partial charge in [-0.05, 0) is 24.6 Å². The summed E-state index contributed by atoms with van der Waals surface area (Å²) < 4.78 is 33.5. The molecule has 0 radical (unpaired) electrons. The number of carbonyl (C=O) groups excluding carboxylic acids is 1. The van der Waals surface area contributed by atoms with Gasteiger partial charge in [0.2, 0.25) is 10.0 Å². The third-order valence-electron chi connectivity index (χ3n) is 4.05. The van der Waals surface area contributed by atoms with E-state index in [1.54, 1.807) is 18.2 Å². The number of hydrogen-bond donors (Lipinski definition) is 2. The average Bonchev–Trinajstić information content (AvgIpc) is 3.13. The topological polar surface area (TPSA) is 107 Å². The van der Waals surface area contributed by atoms with Crippen molar-refractivity contribution in [2.75, 3.05) is 20.3 Å². The summed E-state index contributed by atoms with van der Waals surface area (Å²) >= 11 is 3.34. The number of nitrogens with one attached hydrogen (secondary N) is 1. The zero-order valence-corrected chi connectivity index (χ0v) is 14.9. The predicted molar refractivity (Wildman–Crippen MR) is 87.4 cm³/mol. The number of aromatic amines is 1. The van der Waals surface area contributed by atoms with E-state index in [9.17, 15) is 13.2 Å². The Hall–Kier alpha value is -1.26. The molecule has 0 bridgehead atoms.